The summed E-state index contributed by atoms with van der Waals surface area (Å²) < 4.78 is 1.33. The highest BCUT2D eigenvalue weighted by molar-refractivity contribution is 6.43. The van der Waals surface area contributed by atoms with Crippen LogP contribution < -0.4 is 0 Å². The molecule has 0 aromatic rings. The quantitative estimate of drug-likeness (QED) is 0.564. The summed E-state index contributed by atoms with van der Waals surface area (Å²) in [7, 11) is 0. The van der Waals surface area contributed by atoms with Gasteiger partial charge in [0.25, 0.3) is 15.2 Å². The van der Waals surface area contributed by atoms with E-state index in [0.29, 0.717) is 8.55 Å². The predicted octanol–water partition coefficient (Wildman–Crippen LogP) is 3.89. The Bertz CT molecular complexity index is 105. The Labute approximate surface area is 80.0 Å². The van der Waals surface area contributed by atoms with Gasteiger partial charge in [0.2, 0.25) is 0 Å². The maximum atomic E-state index is 2.43. The Kier molecular flexibility index (Phi) is 4.16. The minimum absolute atomic E-state index is 0. The van der Waals surface area contributed by atoms with Crippen molar-refractivity contribution >= 4 is 15.2 Å². The summed E-state index contributed by atoms with van der Waals surface area (Å²) in [6.07, 6.45) is 2.70. The van der Waals surface area contributed by atoms with Crippen molar-refractivity contribution in [3.8, 4) is 0 Å². The van der Waals surface area contributed by atoms with Crippen molar-refractivity contribution in [2.24, 2.45) is 0 Å². The molecule has 0 atom stereocenters. The molecule has 1 heteroatoms. The van der Waals surface area contributed by atoms with E-state index >= 15 is 0 Å². The normalized spacial score (nSPS) is 13.3. The molecular weight excluding hydrogens is 147 g/mol. The summed E-state index contributed by atoms with van der Waals surface area (Å²) in [6, 6.07) is 0. The fourth-order valence-corrected chi connectivity index (χ4v) is 4.64. The van der Waals surface area contributed by atoms with Gasteiger partial charge in [-0.3, -0.25) is 0 Å². The van der Waals surface area contributed by atoms with E-state index in [1.807, 2.05) is 0 Å². The van der Waals surface area contributed by atoms with Gasteiger partial charge in [0.15, 0.2) is 0 Å². The van der Waals surface area contributed by atoms with Crippen molar-refractivity contribution in [1.82, 2.24) is 0 Å². The number of hydrogen-bond acceptors (Lipinski definition) is 0. The molecule has 0 radical (unpaired) electrons. The molecule has 0 aromatic heterocycles. The van der Waals surface area contributed by atoms with Gasteiger partial charge >= 0.3 is 0 Å². The van der Waals surface area contributed by atoms with Crippen LogP contribution in [0.25, 0.3) is 0 Å². The Morgan fingerprint density at radius 1 is 0.909 bits per heavy atom. The largest absolute Gasteiger partial charge is 0.251 e. The second-order valence-corrected chi connectivity index (χ2v) is 9.39. The van der Waals surface area contributed by atoms with E-state index in [9.17, 15) is 0 Å². The molecule has 0 amide bonds. The lowest BCUT2D eigenvalue weighted by atomic mass is 10.1. The summed E-state index contributed by atoms with van der Waals surface area (Å²) >= 11 is 0.0671. The minimum atomic E-state index is 0. The van der Waals surface area contributed by atoms with Crippen molar-refractivity contribution in [3.63, 3.8) is 0 Å². The van der Waals surface area contributed by atoms with Gasteiger partial charge < -0.3 is 0 Å². The van der Waals surface area contributed by atoms with Gasteiger partial charge in [0, 0.05) is 1.43 Å². The van der Waals surface area contributed by atoms with Crippen LogP contribution >= 0.6 is 0 Å². The van der Waals surface area contributed by atoms with Crippen molar-refractivity contribution in [3.05, 3.63) is 0 Å². The van der Waals surface area contributed by atoms with Gasteiger partial charge in [0.05, 0.1) is 0 Å². The molecule has 0 aliphatic heterocycles. The zero-order chi connectivity index (χ0) is 9.12. The van der Waals surface area contributed by atoms with E-state index in [4.69, 9.17) is 0 Å². The third-order valence-electron chi connectivity index (χ3n) is 2.87. The molecule has 0 saturated heterocycles. The molecule has 0 spiro atoms. The van der Waals surface area contributed by atoms with E-state index in [2.05, 4.69) is 41.5 Å². The van der Waals surface area contributed by atoms with Gasteiger partial charge in [-0.25, -0.2) is 0 Å². The Morgan fingerprint density at radius 2 is 1.18 bits per heavy atom. The molecule has 0 unspecified atom stereocenters. The van der Waals surface area contributed by atoms with Crippen molar-refractivity contribution in [1.29, 1.82) is 0 Å². The summed E-state index contributed by atoms with van der Waals surface area (Å²) in [5.74, 6) is 0. The zero-order valence-corrected chi connectivity index (χ0v) is 10.5. The van der Waals surface area contributed by atoms with Gasteiger partial charge in [-0.05, 0) is 0 Å². The van der Waals surface area contributed by atoms with Crippen LogP contribution in [0.1, 0.15) is 55.8 Å². The summed E-state index contributed by atoms with van der Waals surface area (Å²) in [4.78, 5) is 0. The molecule has 0 fully saturated rings. The summed E-state index contributed by atoms with van der Waals surface area (Å²) in [6.45, 7) is 14.3. The van der Waals surface area contributed by atoms with E-state index in [0.717, 1.165) is 0 Å². The molecule has 0 N–H and O–H groups in total. The monoisotopic (exact) mass is 172 g/mol. The van der Waals surface area contributed by atoms with Crippen LogP contribution in [0, 0.1) is 0 Å². The fourth-order valence-electron chi connectivity index (χ4n) is 1.55. The molecule has 0 rings (SSSR count). The third-order valence-corrected chi connectivity index (χ3v) is 5.79. The fraction of sp³-hybridized carbons (Fsp3) is 1.00. The molecule has 0 aliphatic carbocycles. The van der Waals surface area contributed by atoms with E-state index < -0.39 is 0 Å². The zero-order valence-electron chi connectivity index (χ0n) is 9.12. The first kappa shape index (κ1) is 11.5. The van der Waals surface area contributed by atoms with E-state index in [-0.39, 0.29) is 16.6 Å². The average Bonchev–Trinajstić information content (AvgIpc) is 1.86. The second-order valence-electron chi connectivity index (χ2n) is 5.21. The van der Waals surface area contributed by atoms with Crippen molar-refractivity contribution in [2.75, 3.05) is 0 Å². The first-order valence-electron chi connectivity index (χ1n) is 4.83. The number of hydrogen-bond donors (Lipinski definition) is 0. The van der Waals surface area contributed by atoms with Gasteiger partial charge in [-0.2, -0.15) is 0 Å². The Hall–Kier alpha value is 0.532. The first-order valence-corrected chi connectivity index (χ1v) is 6.24. The maximum absolute atomic E-state index is 2.43. The van der Waals surface area contributed by atoms with Crippen LogP contribution in [-0.2, 0) is 0 Å². The van der Waals surface area contributed by atoms with Gasteiger partial charge in [-0.1, -0.05) is 62.9 Å². The lowest BCUT2D eigenvalue weighted by molar-refractivity contribution is 0.570. The molecule has 0 saturated carbocycles. The minimum Gasteiger partial charge on any atom is -0.0800 e. The van der Waals surface area contributed by atoms with Crippen LogP contribution in [0.3, 0.4) is 0 Å². The molecule has 0 aliphatic rings. The predicted molar refractivity (Wildman–Crippen MR) is 57.9 cm³/mol. The van der Waals surface area contributed by atoms with Gasteiger partial charge in [0.1, 0.15) is 0 Å². The summed E-state index contributed by atoms with van der Waals surface area (Å²) in [5, 5.41) is 0. The van der Waals surface area contributed by atoms with Crippen LogP contribution in [0.4, 0.5) is 0 Å². The Balaban J connectivity index is 0. The molecule has 68 valence electrons. The maximum Gasteiger partial charge on any atom is 0.251 e. The SMILES string of the molecule is CC[C](C)(C)[AlH][C](C)(C)CC.[HH]. The van der Waals surface area contributed by atoms with Crippen LogP contribution in [0.5, 0.6) is 0 Å². The van der Waals surface area contributed by atoms with E-state index in [1.165, 1.54) is 12.8 Å². The van der Waals surface area contributed by atoms with Crippen molar-refractivity contribution in [2.45, 2.75) is 62.9 Å². The third kappa shape index (κ3) is 4.88. The molecule has 0 heterocycles. The van der Waals surface area contributed by atoms with Gasteiger partial charge in [-0.15, -0.1) is 0 Å². The first-order chi connectivity index (χ1) is 4.83. The highest BCUT2D eigenvalue weighted by atomic mass is 27.1. The van der Waals surface area contributed by atoms with Crippen LogP contribution in [-0.4, -0.2) is 15.2 Å². The average molecular weight is 172 g/mol. The molecule has 0 bridgehead atoms. The molecule has 0 nitrogen and oxygen atoms in total. The summed E-state index contributed by atoms with van der Waals surface area (Å²) in [5.41, 5.74) is 0. The molecular formula is C10H25Al. The second kappa shape index (κ2) is 3.97. The highest BCUT2D eigenvalue weighted by Gasteiger charge is 2.28. The lowest BCUT2D eigenvalue weighted by Crippen LogP contribution is -2.22. The standard InChI is InChI=1S/2C5H11.Al.H2.H/c2*1-4-5(2)3;;;/h2*4H2,1-3H3;;1H;. The van der Waals surface area contributed by atoms with Crippen molar-refractivity contribution < 1.29 is 1.43 Å². The van der Waals surface area contributed by atoms with E-state index in [1.54, 1.807) is 0 Å². The van der Waals surface area contributed by atoms with Crippen LogP contribution in [0.2, 0.25) is 8.55 Å². The molecule has 0 aromatic carbocycles. The Morgan fingerprint density at radius 3 is 1.36 bits per heavy atom. The molecule has 11 heavy (non-hydrogen) atoms. The lowest BCUT2D eigenvalue weighted by Gasteiger charge is -2.31. The highest BCUT2D eigenvalue weighted by Crippen LogP contribution is 2.39. The topological polar surface area (TPSA) is 0 Å². The van der Waals surface area contributed by atoms with Crippen LogP contribution in [0.15, 0.2) is 0 Å². The smallest absolute Gasteiger partial charge is 0.0800 e. The number of rotatable bonds is 4.